The van der Waals surface area contributed by atoms with E-state index in [0.717, 1.165) is 16.5 Å². The van der Waals surface area contributed by atoms with Crippen LogP contribution in [-0.2, 0) is 20.8 Å². The number of amides is 1. The molecule has 8 nitrogen and oxygen atoms in total. The Balaban J connectivity index is 2.09. The number of benzene rings is 1. The molecule has 0 aliphatic rings. The van der Waals surface area contributed by atoms with E-state index in [4.69, 9.17) is 10.8 Å². The Morgan fingerprint density at radius 2 is 1.87 bits per heavy atom. The normalized spacial score (nSPS) is 13.4. The molecule has 1 heterocycles. The van der Waals surface area contributed by atoms with Gasteiger partial charge in [-0.25, -0.2) is 4.79 Å². The molecule has 2 aromatic rings. The average Bonchev–Trinajstić information content (AvgIpc) is 2.89. The lowest BCUT2D eigenvalue weighted by molar-refractivity contribution is -0.142. The van der Waals surface area contributed by atoms with E-state index in [-0.39, 0.29) is 6.42 Å². The summed E-state index contributed by atoms with van der Waals surface area (Å²) < 4.78 is 0. The van der Waals surface area contributed by atoms with Gasteiger partial charge in [-0.1, -0.05) is 18.2 Å². The van der Waals surface area contributed by atoms with Gasteiger partial charge in [0, 0.05) is 23.5 Å². The van der Waals surface area contributed by atoms with Gasteiger partial charge in [-0.2, -0.15) is 0 Å². The fourth-order valence-corrected chi connectivity index (χ4v) is 2.26. The highest BCUT2D eigenvalue weighted by Crippen LogP contribution is 2.19. The number of para-hydroxylation sites is 1. The molecule has 0 fully saturated rings. The number of carbonyl (C=O) groups is 3. The zero-order chi connectivity index (χ0) is 17.0. The Bertz CT molecular complexity index is 740. The molecule has 0 bridgehead atoms. The minimum Gasteiger partial charge on any atom is -0.480 e. The van der Waals surface area contributed by atoms with Crippen LogP contribution < -0.4 is 11.1 Å². The van der Waals surface area contributed by atoms with Gasteiger partial charge >= 0.3 is 11.9 Å². The first-order valence-corrected chi connectivity index (χ1v) is 6.94. The second-order valence-corrected chi connectivity index (χ2v) is 5.17. The summed E-state index contributed by atoms with van der Waals surface area (Å²) in [4.78, 5) is 36.7. The molecule has 2 unspecified atom stereocenters. The Hall–Kier alpha value is -2.87. The van der Waals surface area contributed by atoms with E-state index < -0.39 is 36.4 Å². The number of carboxylic acid groups (broad SMARTS) is 2. The number of rotatable bonds is 7. The molecule has 0 saturated carbocycles. The summed E-state index contributed by atoms with van der Waals surface area (Å²) >= 11 is 0. The highest BCUT2D eigenvalue weighted by Gasteiger charge is 2.24. The van der Waals surface area contributed by atoms with Gasteiger partial charge in [-0.05, 0) is 11.6 Å². The van der Waals surface area contributed by atoms with Crippen LogP contribution in [0, 0.1) is 0 Å². The number of nitrogens with one attached hydrogen (secondary N) is 2. The van der Waals surface area contributed by atoms with Crippen molar-refractivity contribution in [1.82, 2.24) is 10.3 Å². The van der Waals surface area contributed by atoms with Crippen LogP contribution >= 0.6 is 0 Å². The number of hydrogen-bond acceptors (Lipinski definition) is 4. The van der Waals surface area contributed by atoms with Crippen molar-refractivity contribution in [3.63, 3.8) is 0 Å². The Morgan fingerprint density at radius 3 is 2.52 bits per heavy atom. The number of fused-ring (bicyclic) bond motifs is 1. The number of aromatic nitrogens is 1. The largest absolute Gasteiger partial charge is 0.480 e. The number of H-pyrrole nitrogens is 1. The first-order valence-electron chi connectivity index (χ1n) is 6.94. The van der Waals surface area contributed by atoms with E-state index in [1.165, 1.54) is 0 Å². The van der Waals surface area contributed by atoms with Crippen LogP contribution in [0.3, 0.4) is 0 Å². The number of aromatic amines is 1. The summed E-state index contributed by atoms with van der Waals surface area (Å²) in [6.45, 7) is 0. The minimum atomic E-state index is -1.36. The zero-order valence-electron chi connectivity index (χ0n) is 12.2. The molecule has 0 aliphatic carbocycles. The number of carboxylic acids is 2. The van der Waals surface area contributed by atoms with Crippen molar-refractivity contribution < 1.29 is 24.6 Å². The van der Waals surface area contributed by atoms with E-state index in [1.54, 1.807) is 6.20 Å². The molecule has 0 aliphatic heterocycles. The second-order valence-electron chi connectivity index (χ2n) is 5.17. The highest BCUT2D eigenvalue weighted by molar-refractivity contribution is 5.88. The van der Waals surface area contributed by atoms with Crippen molar-refractivity contribution in [2.75, 3.05) is 0 Å². The number of aliphatic carboxylic acids is 2. The van der Waals surface area contributed by atoms with Gasteiger partial charge < -0.3 is 26.2 Å². The smallest absolute Gasteiger partial charge is 0.326 e. The Kier molecular flexibility index (Phi) is 4.97. The summed E-state index contributed by atoms with van der Waals surface area (Å²) in [7, 11) is 0. The fourth-order valence-electron chi connectivity index (χ4n) is 2.26. The summed E-state index contributed by atoms with van der Waals surface area (Å²) in [6, 6.07) is 4.87. The summed E-state index contributed by atoms with van der Waals surface area (Å²) in [6.07, 6.45) is 1.29. The first-order chi connectivity index (χ1) is 10.9. The molecule has 0 saturated heterocycles. The molecule has 1 aromatic heterocycles. The van der Waals surface area contributed by atoms with Crippen molar-refractivity contribution in [1.29, 1.82) is 0 Å². The summed E-state index contributed by atoms with van der Waals surface area (Å²) in [5, 5.41) is 21.1. The van der Waals surface area contributed by atoms with Crippen molar-refractivity contribution in [3.8, 4) is 0 Å². The van der Waals surface area contributed by atoms with Crippen molar-refractivity contribution >= 4 is 28.7 Å². The number of carbonyl (C=O) groups excluding carboxylic acids is 1. The lowest BCUT2D eigenvalue weighted by atomic mass is 10.0. The molecule has 6 N–H and O–H groups in total. The van der Waals surface area contributed by atoms with Crippen LogP contribution in [0.25, 0.3) is 10.9 Å². The van der Waals surface area contributed by atoms with Crippen LogP contribution in [0.2, 0.25) is 0 Å². The van der Waals surface area contributed by atoms with Crippen LogP contribution in [0.4, 0.5) is 0 Å². The number of hydrogen-bond donors (Lipinski definition) is 5. The predicted octanol–water partition coefficient (Wildman–Crippen LogP) is 0.0818. The Labute approximate surface area is 131 Å². The Morgan fingerprint density at radius 1 is 1.17 bits per heavy atom. The van der Waals surface area contributed by atoms with Gasteiger partial charge in [0.15, 0.2) is 0 Å². The maximum atomic E-state index is 11.7. The molecule has 0 spiro atoms. The maximum absolute atomic E-state index is 11.7. The van der Waals surface area contributed by atoms with Gasteiger partial charge in [0.2, 0.25) is 5.91 Å². The molecule has 2 atom stereocenters. The van der Waals surface area contributed by atoms with Crippen LogP contribution in [0.15, 0.2) is 30.5 Å². The monoisotopic (exact) mass is 319 g/mol. The third-order valence-electron chi connectivity index (χ3n) is 3.45. The summed E-state index contributed by atoms with van der Waals surface area (Å²) in [5.41, 5.74) is 6.88. The van der Waals surface area contributed by atoms with E-state index in [1.807, 2.05) is 24.3 Å². The molecular formula is C15H17N3O5. The van der Waals surface area contributed by atoms with E-state index in [2.05, 4.69) is 10.3 Å². The van der Waals surface area contributed by atoms with Gasteiger partial charge in [-0.3, -0.25) is 9.59 Å². The molecular weight excluding hydrogens is 302 g/mol. The molecule has 2 rings (SSSR count). The molecule has 1 amide bonds. The van der Waals surface area contributed by atoms with Crippen LogP contribution in [-0.4, -0.2) is 45.1 Å². The van der Waals surface area contributed by atoms with Crippen LogP contribution in [0.1, 0.15) is 12.0 Å². The van der Waals surface area contributed by atoms with Gasteiger partial charge in [-0.15, -0.1) is 0 Å². The molecule has 1 aromatic carbocycles. The minimum absolute atomic E-state index is 0.0768. The standard InChI is InChI=1S/C15H17N3O5/c16-10(14(20)21)6-13(19)18-12(15(22)23)5-8-7-17-11-4-2-1-3-9(8)11/h1-4,7,10,12,17H,5-6,16H2,(H,18,19)(H,20,21)(H,22,23). The lowest BCUT2D eigenvalue weighted by Crippen LogP contribution is -2.45. The summed E-state index contributed by atoms with van der Waals surface area (Å²) in [5.74, 6) is -3.23. The van der Waals surface area contributed by atoms with E-state index in [0.29, 0.717) is 0 Å². The zero-order valence-corrected chi connectivity index (χ0v) is 12.2. The highest BCUT2D eigenvalue weighted by atomic mass is 16.4. The molecule has 0 radical (unpaired) electrons. The fraction of sp³-hybridized carbons (Fsp3) is 0.267. The average molecular weight is 319 g/mol. The predicted molar refractivity (Wildman–Crippen MR) is 81.8 cm³/mol. The maximum Gasteiger partial charge on any atom is 0.326 e. The second kappa shape index (κ2) is 6.93. The SMILES string of the molecule is NC(CC(=O)NC(Cc1c[nH]c2ccccc12)C(=O)O)C(=O)O. The van der Waals surface area contributed by atoms with E-state index >= 15 is 0 Å². The quantitative estimate of drug-likeness (QED) is 0.488. The van der Waals surface area contributed by atoms with Crippen molar-refractivity contribution in [2.24, 2.45) is 5.73 Å². The van der Waals surface area contributed by atoms with Crippen molar-refractivity contribution in [2.45, 2.75) is 24.9 Å². The van der Waals surface area contributed by atoms with Crippen molar-refractivity contribution in [3.05, 3.63) is 36.0 Å². The topological polar surface area (TPSA) is 146 Å². The van der Waals surface area contributed by atoms with Gasteiger partial charge in [0.1, 0.15) is 12.1 Å². The third-order valence-corrected chi connectivity index (χ3v) is 3.45. The van der Waals surface area contributed by atoms with E-state index in [9.17, 15) is 19.5 Å². The van der Waals surface area contributed by atoms with Gasteiger partial charge in [0.25, 0.3) is 0 Å². The molecule has 23 heavy (non-hydrogen) atoms. The third kappa shape index (κ3) is 4.07. The first kappa shape index (κ1) is 16.5. The van der Waals surface area contributed by atoms with Gasteiger partial charge in [0.05, 0.1) is 6.42 Å². The molecule has 122 valence electrons. The lowest BCUT2D eigenvalue weighted by Gasteiger charge is -2.15. The van der Waals surface area contributed by atoms with Crippen LogP contribution in [0.5, 0.6) is 0 Å². The molecule has 8 heteroatoms. The number of nitrogens with two attached hydrogens (primary N) is 1.